The maximum atomic E-state index is 11.9. The number of nitrogens with one attached hydrogen (secondary N) is 1. The van der Waals surface area contributed by atoms with E-state index in [2.05, 4.69) is 10.1 Å². The van der Waals surface area contributed by atoms with Crippen molar-refractivity contribution in [2.45, 2.75) is 17.7 Å². The van der Waals surface area contributed by atoms with E-state index in [-0.39, 0.29) is 5.91 Å². The van der Waals surface area contributed by atoms with Crippen LogP contribution < -0.4 is 5.32 Å². The highest BCUT2D eigenvalue weighted by molar-refractivity contribution is 7.99. The fourth-order valence-corrected chi connectivity index (χ4v) is 3.57. The largest absolute Gasteiger partial charge is 0.465 e. The van der Waals surface area contributed by atoms with Crippen LogP contribution in [0.2, 0.25) is 5.02 Å². The van der Waals surface area contributed by atoms with E-state index in [1.807, 2.05) is 24.3 Å². The van der Waals surface area contributed by atoms with Gasteiger partial charge in [-0.05, 0) is 47.9 Å². The monoisotopic (exact) mass is 369 g/mol. The lowest BCUT2D eigenvalue weighted by atomic mass is 10.3. The molecule has 4 nitrogen and oxygen atoms in total. The molecule has 2 aromatic rings. The smallest absolute Gasteiger partial charge is 0.350 e. The molecule has 1 amide bonds. The van der Waals surface area contributed by atoms with E-state index >= 15 is 0 Å². The van der Waals surface area contributed by atoms with Gasteiger partial charge in [-0.1, -0.05) is 11.6 Å². The number of esters is 1. The van der Waals surface area contributed by atoms with Crippen LogP contribution in [0.4, 0.5) is 5.69 Å². The van der Waals surface area contributed by atoms with Crippen molar-refractivity contribution in [3.63, 3.8) is 0 Å². The number of benzene rings is 1. The average Bonchev–Trinajstić information content (AvgIpc) is 3.00. The summed E-state index contributed by atoms with van der Waals surface area (Å²) in [6.07, 6.45) is 1.15. The van der Waals surface area contributed by atoms with E-state index in [1.54, 1.807) is 23.2 Å². The Morgan fingerprint density at radius 1 is 1.26 bits per heavy atom. The Balaban J connectivity index is 1.74. The van der Waals surface area contributed by atoms with Crippen LogP contribution in [0.5, 0.6) is 0 Å². The van der Waals surface area contributed by atoms with Gasteiger partial charge in [0.2, 0.25) is 5.91 Å². The van der Waals surface area contributed by atoms with Crippen LogP contribution in [0.3, 0.4) is 0 Å². The van der Waals surface area contributed by atoms with Gasteiger partial charge >= 0.3 is 5.97 Å². The molecular weight excluding hydrogens is 354 g/mol. The molecule has 0 radical (unpaired) electrons. The van der Waals surface area contributed by atoms with Crippen LogP contribution in [0.15, 0.2) is 40.6 Å². The second-order valence-electron chi connectivity index (χ2n) is 4.61. The maximum Gasteiger partial charge on any atom is 0.350 e. The average molecular weight is 370 g/mol. The topological polar surface area (TPSA) is 55.4 Å². The summed E-state index contributed by atoms with van der Waals surface area (Å²) in [7, 11) is 1.32. The minimum atomic E-state index is -0.436. The normalized spacial score (nSPS) is 10.3. The fourth-order valence-electron chi connectivity index (χ4n) is 1.82. The van der Waals surface area contributed by atoms with Gasteiger partial charge in [-0.2, -0.15) is 0 Å². The van der Waals surface area contributed by atoms with Crippen molar-refractivity contribution in [3.8, 4) is 0 Å². The Hall–Kier alpha value is -1.50. The number of carbonyl (C=O) groups excluding carboxylic acids is 2. The number of anilines is 1. The first-order valence-corrected chi connectivity index (χ1v) is 9.18. The first-order chi connectivity index (χ1) is 11.1. The van der Waals surface area contributed by atoms with Gasteiger partial charge in [-0.3, -0.25) is 4.79 Å². The number of thiophene rings is 1. The molecule has 0 saturated heterocycles. The van der Waals surface area contributed by atoms with E-state index in [9.17, 15) is 9.59 Å². The molecule has 0 aliphatic heterocycles. The standard InChI is InChI=1S/C16H16ClNO3S2/c1-21-16(20)15-13(8-10-23-15)18-14(19)3-2-9-22-12-6-4-11(17)5-7-12/h4-8,10H,2-3,9H2,1H3,(H,18,19). The van der Waals surface area contributed by atoms with Crippen molar-refractivity contribution in [2.24, 2.45) is 0 Å². The number of hydrogen-bond acceptors (Lipinski definition) is 5. The molecule has 122 valence electrons. The van der Waals surface area contributed by atoms with Crippen molar-refractivity contribution in [1.29, 1.82) is 0 Å². The molecule has 7 heteroatoms. The molecular formula is C16H16ClNO3S2. The summed E-state index contributed by atoms with van der Waals surface area (Å²) in [5, 5.41) is 5.22. The van der Waals surface area contributed by atoms with Crippen molar-refractivity contribution in [2.75, 3.05) is 18.2 Å². The lowest BCUT2D eigenvalue weighted by Gasteiger charge is -2.06. The molecule has 0 fully saturated rings. The summed E-state index contributed by atoms with van der Waals surface area (Å²) < 4.78 is 4.68. The summed E-state index contributed by atoms with van der Waals surface area (Å²) >= 11 is 8.76. The third kappa shape index (κ3) is 5.57. The quantitative estimate of drug-likeness (QED) is 0.436. The van der Waals surface area contributed by atoms with E-state index in [0.29, 0.717) is 22.0 Å². The molecule has 23 heavy (non-hydrogen) atoms. The minimum absolute atomic E-state index is 0.106. The maximum absolute atomic E-state index is 11.9. The molecule has 0 spiro atoms. The Kier molecular flexibility index (Phi) is 6.95. The third-order valence-electron chi connectivity index (χ3n) is 2.94. The Bertz CT molecular complexity index is 670. The van der Waals surface area contributed by atoms with Gasteiger partial charge in [-0.25, -0.2) is 4.79 Å². The van der Waals surface area contributed by atoms with Crippen LogP contribution in [0.1, 0.15) is 22.5 Å². The number of amides is 1. The second kappa shape index (κ2) is 8.96. The van der Waals surface area contributed by atoms with Crippen molar-refractivity contribution >= 4 is 52.3 Å². The molecule has 0 saturated carbocycles. The Morgan fingerprint density at radius 2 is 2.00 bits per heavy atom. The predicted molar refractivity (Wildman–Crippen MR) is 95.7 cm³/mol. The predicted octanol–water partition coefficient (Wildman–Crippen LogP) is 4.70. The molecule has 0 unspecified atom stereocenters. The molecule has 1 aromatic heterocycles. The van der Waals surface area contributed by atoms with Gasteiger partial charge in [0.25, 0.3) is 0 Å². The van der Waals surface area contributed by atoms with Crippen LogP contribution >= 0.6 is 34.7 Å². The van der Waals surface area contributed by atoms with Gasteiger partial charge in [0, 0.05) is 16.3 Å². The summed E-state index contributed by atoms with van der Waals surface area (Å²) in [6.45, 7) is 0. The van der Waals surface area contributed by atoms with Crippen LogP contribution in [0.25, 0.3) is 0 Å². The van der Waals surface area contributed by atoms with Crippen LogP contribution in [0, 0.1) is 0 Å². The van der Waals surface area contributed by atoms with E-state index in [0.717, 1.165) is 17.1 Å². The van der Waals surface area contributed by atoms with Crippen LogP contribution in [-0.4, -0.2) is 24.7 Å². The third-order valence-corrected chi connectivity index (χ3v) is 5.19. The van der Waals surface area contributed by atoms with Gasteiger partial charge in [-0.15, -0.1) is 23.1 Å². The SMILES string of the molecule is COC(=O)c1sccc1NC(=O)CCCSc1ccc(Cl)cc1. The molecule has 1 aromatic carbocycles. The summed E-state index contributed by atoms with van der Waals surface area (Å²) in [5.74, 6) is 0.293. The van der Waals surface area contributed by atoms with Gasteiger partial charge in [0.15, 0.2) is 0 Å². The first kappa shape index (κ1) is 17.8. The van der Waals surface area contributed by atoms with Crippen LogP contribution in [-0.2, 0) is 9.53 Å². The molecule has 2 rings (SSSR count). The second-order valence-corrected chi connectivity index (χ2v) is 7.13. The van der Waals surface area contributed by atoms with E-state index < -0.39 is 5.97 Å². The molecule has 0 aliphatic carbocycles. The summed E-state index contributed by atoms with van der Waals surface area (Å²) in [5.41, 5.74) is 0.511. The van der Waals surface area contributed by atoms with Gasteiger partial charge in [0.1, 0.15) is 4.88 Å². The molecule has 0 bridgehead atoms. The number of halogens is 1. The minimum Gasteiger partial charge on any atom is -0.465 e. The van der Waals surface area contributed by atoms with Crippen molar-refractivity contribution < 1.29 is 14.3 Å². The lowest BCUT2D eigenvalue weighted by molar-refractivity contribution is -0.116. The zero-order valence-corrected chi connectivity index (χ0v) is 14.9. The fraction of sp³-hybridized carbons (Fsp3) is 0.250. The van der Waals surface area contributed by atoms with Crippen molar-refractivity contribution in [1.82, 2.24) is 0 Å². The number of ether oxygens (including phenoxy) is 1. The highest BCUT2D eigenvalue weighted by Gasteiger charge is 2.15. The molecule has 1 N–H and O–H groups in total. The Morgan fingerprint density at radius 3 is 2.70 bits per heavy atom. The highest BCUT2D eigenvalue weighted by atomic mass is 35.5. The van der Waals surface area contributed by atoms with Gasteiger partial charge < -0.3 is 10.1 Å². The lowest BCUT2D eigenvalue weighted by Crippen LogP contribution is -2.13. The van der Waals surface area contributed by atoms with E-state index in [1.165, 1.54) is 18.4 Å². The number of hydrogen-bond donors (Lipinski definition) is 1. The highest BCUT2D eigenvalue weighted by Crippen LogP contribution is 2.24. The number of thioether (sulfide) groups is 1. The summed E-state index contributed by atoms with van der Waals surface area (Å²) in [4.78, 5) is 25.0. The number of carbonyl (C=O) groups is 2. The number of methoxy groups -OCH3 is 1. The molecule has 0 aliphatic rings. The zero-order chi connectivity index (χ0) is 16.7. The van der Waals surface area contributed by atoms with Gasteiger partial charge in [0.05, 0.1) is 12.8 Å². The Labute approximate surface area is 148 Å². The number of rotatable bonds is 7. The van der Waals surface area contributed by atoms with Crippen molar-refractivity contribution in [3.05, 3.63) is 45.6 Å². The molecule has 1 heterocycles. The molecule has 0 atom stereocenters. The van der Waals surface area contributed by atoms with E-state index in [4.69, 9.17) is 11.6 Å². The zero-order valence-electron chi connectivity index (χ0n) is 12.5. The first-order valence-electron chi connectivity index (χ1n) is 6.94. The summed E-state index contributed by atoms with van der Waals surface area (Å²) in [6, 6.07) is 9.32.